The molecule has 0 aromatic heterocycles. The van der Waals surface area contributed by atoms with Crippen molar-refractivity contribution in [2.45, 2.75) is 45.6 Å². The maximum Gasteiger partial charge on any atom is 0.0208 e. The topological polar surface area (TPSA) is 12.0 Å². The van der Waals surface area contributed by atoms with Crippen LogP contribution in [0.2, 0.25) is 0 Å². The smallest absolute Gasteiger partial charge is 0.0208 e. The first-order chi connectivity index (χ1) is 8.13. The van der Waals surface area contributed by atoms with Gasteiger partial charge in [0.2, 0.25) is 0 Å². The van der Waals surface area contributed by atoms with Crippen LogP contribution < -0.4 is 5.32 Å². The molecule has 0 spiro atoms. The monoisotopic (exact) mass is 251 g/mol. The third kappa shape index (κ3) is 5.60. The largest absolute Gasteiger partial charge is 0.312 e. The van der Waals surface area contributed by atoms with Crippen LogP contribution in [-0.2, 0) is 6.54 Å². The predicted molar refractivity (Wildman–Crippen MR) is 78.7 cm³/mol. The van der Waals surface area contributed by atoms with Gasteiger partial charge in [-0.05, 0) is 54.8 Å². The van der Waals surface area contributed by atoms with Crippen LogP contribution in [0.5, 0.6) is 0 Å². The van der Waals surface area contributed by atoms with Gasteiger partial charge in [-0.25, -0.2) is 0 Å². The van der Waals surface area contributed by atoms with Gasteiger partial charge in [0.05, 0.1) is 0 Å². The first-order valence-corrected chi connectivity index (χ1v) is 7.55. The van der Waals surface area contributed by atoms with E-state index >= 15 is 0 Å². The van der Waals surface area contributed by atoms with Gasteiger partial charge in [0.25, 0.3) is 0 Å². The maximum atomic E-state index is 3.50. The molecule has 0 atom stereocenters. The Labute approximate surface area is 110 Å². The molecule has 96 valence electrons. The van der Waals surface area contributed by atoms with Crippen molar-refractivity contribution in [2.75, 3.05) is 12.3 Å². The molecular formula is C15H25NS. The summed E-state index contributed by atoms with van der Waals surface area (Å²) < 4.78 is 0. The molecule has 0 unspecified atom stereocenters. The van der Waals surface area contributed by atoms with Crippen LogP contribution in [0.3, 0.4) is 0 Å². The first kappa shape index (κ1) is 14.6. The lowest BCUT2D eigenvalue weighted by Crippen LogP contribution is -2.19. The van der Waals surface area contributed by atoms with Crippen LogP contribution >= 0.6 is 11.8 Å². The van der Waals surface area contributed by atoms with Gasteiger partial charge in [0.1, 0.15) is 0 Å². The second kappa shape index (κ2) is 7.78. The van der Waals surface area contributed by atoms with Crippen LogP contribution in [0.15, 0.2) is 23.1 Å². The van der Waals surface area contributed by atoms with Crippen molar-refractivity contribution in [3.05, 3.63) is 29.3 Å². The lowest BCUT2D eigenvalue weighted by molar-refractivity contribution is 0.551. The highest BCUT2D eigenvalue weighted by atomic mass is 32.2. The van der Waals surface area contributed by atoms with Crippen LogP contribution in [0.1, 0.15) is 38.3 Å². The Hall–Kier alpha value is -0.470. The number of rotatable bonds is 7. The molecule has 0 amide bonds. The van der Waals surface area contributed by atoms with Crippen molar-refractivity contribution in [3.63, 3.8) is 0 Å². The third-order valence-electron chi connectivity index (χ3n) is 2.65. The minimum atomic E-state index is 0.717. The van der Waals surface area contributed by atoms with E-state index in [0.29, 0.717) is 0 Å². The van der Waals surface area contributed by atoms with Gasteiger partial charge in [0, 0.05) is 11.4 Å². The zero-order valence-electron chi connectivity index (χ0n) is 11.5. The van der Waals surface area contributed by atoms with Crippen molar-refractivity contribution in [3.8, 4) is 0 Å². The maximum absolute atomic E-state index is 3.50. The summed E-state index contributed by atoms with van der Waals surface area (Å²) in [7, 11) is 0. The molecule has 0 aliphatic carbocycles. The van der Waals surface area contributed by atoms with Crippen molar-refractivity contribution < 1.29 is 0 Å². The SMILES string of the molecule is CCCSc1ccc(CNCC(C)C)c(C)c1. The minimum absolute atomic E-state index is 0.717. The van der Waals surface area contributed by atoms with Gasteiger partial charge in [0.15, 0.2) is 0 Å². The van der Waals surface area contributed by atoms with E-state index in [4.69, 9.17) is 0 Å². The van der Waals surface area contributed by atoms with E-state index in [-0.39, 0.29) is 0 Å². The van der Waals surface area contributed by atoms with E-state index in [1.165, 1.54) is 28.2 Å². The van der Waals surface area contributed by atoms with E-state index < -0.39 is 0 Å². The second-order valence-corrected chi connectivity index (χ2v) is 6.13. The van der Waals surface area contributed by atoms with Crippen LogP contribution in [0.4, 0.5) is 0 Å². The van der Waals surface area contributed by atoms with Gasteiger partial charge in [-0.2, -0.15) is 0 Å². The number of hydrogen-bond acceptors (Lipinski definition) is 2. The number of benzene rings is 1. The number of thioether (sulfide) groups is 1. The van der Waals surface area contributed by atoms with Gasteiger partial charge < -0.3 is 5.32 Å². The standard InChI is InChI=1S/C15H25NS/c1-5-8-17-15-7-6-14(13(4)9-15)11-16-10-12(2)3/h6-7,9,12,16H,5,8,10-11H2,1-4H3. The molecule has 1 rings (SSSR count). The molecule has 0 fully saturated rings. The number of aryl methyl sites for hydroxylation is 1. The Kier molecular flexibility index (Phi) is 6.68. The summed E-state index contributed by atoms with van der Waals surface area (Å²) in [6.45, 7) is 11.0. The Bertz CT molecular complexity index is 334. The van der Waals surface area contributed by atoms with Crippen molar-refractivity contribution in [1.82, 2.24) is 5.32 Å². The lowest BCUT2D eigenvalue weighted by Gasteiger charge is -2.11. The molecule has 17 heavy (non-hydrogen) atoms. The Balaban J connectivity index is 2.50. The van der Waals surface area contributed by atoms with Gasteiger partial charge in [-0.15, -0.1) is 11.8 Å². The number of hydrogen-bond donors (Lipinski definition) is 1. The molecular weight excluding hydrogens is 226 g/mol. The zero-order valence-corrected chi connectivity index (χ0v) is 12.4. The number of nitrogens with one attached hydrogen (secondary N) is 1. The Morgan fingerprint density at radius 2 is 2.06 bits per heavy atom. The molecule has 2 heteroatoms. The van der Waals surface area contributed by atoms with Gasteiger partial charge in [-0.1, -0.05) is 26.8 Å². The lowest BCUT2D eigenvalue weighted by atomic mass is 10.1. The van der Waals surface area contributed by atoms with E-state index in [0.717, 1.165) is 19.0 Å². The quantitative estimate of drug-likeness (QED) is 0.727. The molecule has 0 aliphatic rings. The van der Waals surface area contributed by atoms with Crippen molar-refractivity contribution >= 4 is 11.8 Å². The average molecular weight is 251 g/mol. The molecule has 1 nitrogen and oxygen atoms in total. The average Bonchev–Trinajstić information content (AvgIpc) is 2.28. The molecule has 1 aromatic carbocycles. The van der Waals surface area contributed by atoms with Crippen LogP contribution in [0.25, 0.3) is 0 Å². The Morgan fingerprint density at radius 3 is 2.65 bits per heavy atom. The summed E-state index contributed by atoms with van der Waals surface area (Å²) in [5, 5.41) is 3.50. The summed E-state index contributed by atoms with van der Waals surface area (Å²) in [4.78, 5) is 1.40. The summed E-state index contributed by atoms with van der Waals surface area (Å²) >= 11 is 1.95. The predicted octanol–water partition coefficient (Wildman–Crippen LogP) is 4.24. The molecule has 1 aromatic rings. The fourth-order valence-corrected chi connectivity index (χ4v) is 2.54. The van der Waals surface area contributed by atoms with E-state index in [1.807, 2.05) is 11.8 Å². The summed E-state index contributed by atoms with van der Waals surface area (Å²) in [5.74, 6) is 1.93. The van der Waals surface area contributed by atoms with Crippen molar-refractivity contribution in [2.24, 2.45) is 5.92 Å². The molecule has 0 radical (unpaired) electrons. The fraction of sp³-hybridized carbons (Fsp3) is 0.600. The van der Waals surface area contributed by atoms with Gasteiger partial charge >= 0.3 is 0 Å². The van der Waals surface area contributed by atoms with E-state index in [1.54, 1.807) is 0 Å². The van der Waals surface area contributed by atoms with Crippen LogP contribution in [0, 0.1) is 12.8 Å². The van der Waals surface area contributed by atoms with Crippen LogP contribution in [-0.4, -0.2) is 12.3 Å². The highest BCUT2D eigenvalue weighted by molar-refractivity contribution is 7.99. The van der Waals surface area contributed by atoms with E-state index in [9.17, 15) is 0 Å². The van der Waals surface area contributed by atoms with Gasteiger partial charge in [-0.3, -0.25) is 0 Å². The summed E-state index contributed by atoms with van der Waals surface area (Å²) in [5.41, 5.74) is 2.83. The molecule has 0 saturated heterocycles. The molecule has 0 bridgehead atoms. The highest BCUT2D eigenvalue weighted by Crippen LogP contribution is 2.21. The molecule has 0 aliphatic heterocycles. The first-order valence-electron chi connectivity index (χ1n) is 6.56. The van der Waals surface area contributed by atoms with Crippen molar-refractivity contribution in [1.29, 1.82) is 0 Å². The molecule has 1 N–H and O–H groups in total. The highest BCUT2D eigenvalue weighted by Gasteiger charge is 2.01. The normalized spacial score (nSPS) is 11.1. The summed E-state index contributed by atoms with van der Waals surface area (Å²) in [6, 6.07) is 6.83. The minimum Gasteiger partial charge on any atom is -0.312 e. The summed E-state index contributed by atoms with van der Waals surface area (Å²) in [6.07, 6.45) is 1.24. The molecule has 0 heterocycles. The fourth-order valence-electron chi connectivity index (χ4n) is 1.67. The van der Waals surface area contributed by atoms with E-state index in [2.05, 4.69) is 51.2 Å². The Morgan fingerprint density at radius 1 is 1.29 bits per heavy atom. The zero-order chi connectivity index (χ0) is 12.7. The third-order valence-corrected chi connectivity index (χ3v) is 3.85. The molecule has 0 saturated carbocycles. The second-order valence-electron chi connectivity index (χ2n) is 4.96.